The van der Waals surface area contributed by atoms with Gasteiger partial charge in [-0.2, -0.15) is 5.26 Å². The molecule has 0 saturated carbocycles. The number of benzene rings is 1. The van der Waals surface area contributed by atoms with E-state index in [1.807, 2.05) is 30.9 Å². The number of ether oxygens (including phenoxy) is 1. The average Bonchev–Trinajstić information content (AvgIpc) is 3.09. The molecule has 0 bridgehead atoms. The zero-order valence-corrected chi connectivity index (χ0v) is 17.4. The number of aliphatic hydroxyl groups excluding tert-OH is 2. The number of nitriles is 1. The summed E-state index contributed by atoms with van der Waals surface area (Å²) >= 11 is 0. The molecule has 158 valence electrons. The van der Waals surface area contributed by atoms with Crippen LogP contribution in [0, 0.1) is 11.3 Å². The molecule has 9 nitrogen and oxygen atoms in total. The fourth-order valence-corrected chi connectivity index (χ4v) is 3.16. The monoisotopic (exact) mass is 416 g/mol. The van der Waals surface area contributed by atoms with Crippen molar-refractivity contribution in [3.8, 4) is 11.8 Å². The number of rotatable bonds is 1. The fraction of sp³-hybridized carbons (Fsp3) is 0.556. The normalized spacial score (nSPS) is 18.8. The Morgan fingerprint density at radius 3 is 2.25 bits per heavy atom. The van der Waals surface area contributed by atoms with Crippen molar-refractivity contribution in [2.24, 2.45) is 0 Å². The molecule has 2 aliphatic rings. The maximum absolute atomic E-state index is 12.1. The Balaban J connectivity index is 0.000000797. The summed E-state index contributed by atoms with van der Waals surface area (Å²) in [5, 5.41) is 23.1. The molecule has 0 radical (unpaired) electrons. The van der Waals surface area contributed by atoms with Crippen molar-refractivity contribution in [2.45, 2.75) is 44.8 Å². The van der Waals surface area contributed by atoms with Crippen LogP contribution in [0.3, 0.4) is 0 Å². The van der Waals surface area contributed by atoms with E-state index in [2.05, 4.69) is 6.07 Å². The van der Waals surface area contributed by atoms with Crippen molar-refractivity contribution in [1.29, 1.82) is 5.26 Å². The van der Waals surface area contributed by atoms with Crippen LogP contribution in [-0.4, -0.2) is 62.1 Å². The first-order valence-corrected chi connectivity index (χ1v) is 9.72. The minimum atomic E-state index is -2.62. The van der Waals surface area contributed by atoms with Crippen molar-refractivity contribution in [1.82, 2.24) is 4.90 Å². The summed E-state index contributed by atoms with van der Waals surface area (Å²) < 4.78 is 6.00. The number of carbonyl (C=O) groups excluding carboxylic acids is 1. The highest BCUT2D eigenvalue weighted by Gasteiger charge is 2.39. The summed E-state index contributed by atoms with van der Waals surface area (Å²) in [7, 11) is -0.620. The van der Waals surface area contributed by atoms with E-state index < -0.39 is 8.60 Å². The average molecular weight is 416 g/mol. The Hall–Kier alpha value is -1.79. The second-order valence-electron chi connectivity index (χ2n) is 6.41. The first-order chi connectivity index (χ1) is 13.2. The molecule has 1 saturated heterocycles. The summed E-state index contributed by atoms with van der Waals surface area (Å²) in [5.74, 6) is 1.01. The smallest absolute Gasteiger partial charge is 0.324 e. The predicted molar refractivity (Wildman–Crippen MR) is 104 cm³/mol. The lowest BCUT2D eigenvalue weighted by Crippen LogP contribution is -2.42. The van der Waals surface area contributed by atoms with Crippen LogP contribution in [0.15, 0.2) is 18.2 Å². The van der Waals surface area contributed by atoms with Crippen LogP contribution in [0.4, 0.5) is 0 Å². The minimum absolute atomic E-state index is 0.0250. The topological polar surface area (TPSA) is 154 Å². The van der Waals surface area contributed by atoms with Gasteiger partial charge < -0.3 is 34.5 Å². The molecule has 5 N–H and O–H groups in total. The van der Waals surface area contributed by atoms with Gasteiger partial charge in [-0.1, -0.05) is 0 Å². The number of likely N-dealkylation sites (tertiary alicyclic amines) is 1. The molecule has 3 rings (SSSR count). The third-order valence-electron chi connectivity index (χ3n) is 4.06. The highest BCUT2D eigenvalue weighted by atomic mass is 31.2. The molecular formula is C18H29N2O7P. The molecule has 28 heavy (non-hydrogen) atoms. The molecule has 1 amide bonds. The van der Waals surface area contributed by atoms with Gasteiger partial charge in [0, 0.05) is 39.2 Å². The first kappa shape index (κ1) is 26.2. The second-order valence-corrected chi connectivity index (χ2v) is 6.94. The zero-order valence-electron chi connectivity index (χ0n) is 16.5. The SMILES string of the molecule is CC1(C)CC(N2CCCC2=O)c2cc(C#N)ccc2O1.CO.CO.OP(O)O. The van der Waals surface area contributed by atoms with Crippen LogP contribution >= 0.6 is 8.60 Å². The van der Waals surface area contributed by atoms with Crippen molar-refractivity contribution in [3.63, 3.8) is 0 Å². The number of hydrogen-bond donors (Lipinski definition) is 5. The van der Waals surface area contributed by atoms with Crippen LogP contribution < -0.4 is 4.74 Å². The standard InChI is InChI=1S/C16H18N2O2.2CH4O.H3O3P/c1-16(2)9-13(18-7-3-4-15(18)19)12-8-11(10-17)5-6-14(12)20-16;2*1-2;1-4(2)3/h5-6,8,13H,3-4,7,9H2,1-2H3;2*2H,1H3;1-3H. The highest BCUT2D eigenvalue weighted by molar-refractivity contribution is 7.38. The van der Waals surface area contributed by atoms with Gasteiger partial charge in [-0.05, 0) is 38.5 Å². The largest absolute Gasteiger partial charge is 0.487 e. The van der Waals surface area contributed by atoms with E-state index in [4.69, 9.17) is 34.9 Å². The van der Waals surface area contributed by atoms with Gasteiger partial charge in [0.15, 0.2) is 0 Å². The predicted octanol–water partition coefficient (Wildman–Crippen LogP) is 1.19. The zero-order chi connectivity index (χ0) is 21.9. The van der Waals surface area contributed by atoms with Gasteiger partial charge in [0.2, 0.25) is 5.91 Å². The van der Waals surface area contributed by atoms with Gasteiger partial charge in [-0.15, -0.1) is 0 Å². The van der Waals surface area contributed by atoms with Crippen LogP contribution in [0.25, 0.3) is 0 Å². The molecule has 2 heterocycles. The van der Waals surface area contributed by atoms with Crippen LogP contribution in [0.2, 0.25) is 0 Å². The lowest BCUT2D eigenvalue weighted by Gasteiger charge is -2.41. The molecule has 1 aromatic rings. The maximum atomic E-state index is 12.1. The van der Waals surface area contributed by atoms with Crippen molar-refractivity contribution >= 4 is 14.5 Å². The number of carbonyl (C=O) groups is 1. The minimum Gasteiger partial charge on any atom is -0.487 e. The van der Waals surface area contributed by atoms with E-state index in [1.54, 1.807) is 6.07 Å². The Labute approximate surface area is 166 Å². The van der Waals surface area contributed by atoms with Crippen LogP contribution in [0.1, 0.15) is 50.3 Å². The van der Waals surface area contributed by atoms with E-state index in [0.29, 0.717) is 12.0 Å². The summed E-state index contributed by atoms with van der Waals surface area (Å²) in [4.78, 5) is 35.7. The van der Waals surface area contributed by atoms with E-state index in [1.165, 1.54) is 0 Å². The van der Waals surface area contributed by atoms with Crippen molar-refractivity contribution in [3.05, 3.63) is 29.3 Å². The third-order valence-corrected chi connectivity index (χ3v) is 4.06. The van der Waals surface area contributed by atoms with E-state index >= 15 is 0 Å². The van der Waals surface area contributed by atoms with Crippen LogP contribution in [0.5, 0.6) is 5.75 Å². The van der Waals surface area contributed by atoms with Gasteiger partial charge in [0.1, 0.15) is 11.4 Å². The molecule has 1 aromatic carbocycles. The van der Waals surface area contributed by atoms with Gasteiger partial charge in [0.25, 0.3) is 0 Å². The Bertz CT molecular complexity index is 659. The quantitative estimate of drug-likeness (QED) is 0.428. The second kappa shape index (κ2) is 12.6. The van der Waals surface area contributed by atoms with E-state index in [9.17, 15) is 4.79 Å². The molecular weight excluding hydrogens is 387 g/mol. The Morgan fingerprint density at radius 1 is 1.21 bits per heavy atom. The molecule has 2 aliphatic heterocycles. The van der Waals surface area contributed by atoms with Crippen molar-refractivity contribution in [2.75, 3.05) is 20.8 Å². The number of amides is 1. The van der Waals surface area contributed by atoms with Crippen LogP contribution in [-0.2, 0) is 4.79 Å². The van der Waals surface area contributed by atoms with E-state index in [0.717, 1.165) is 44.9 Å². The maximum Gasteiger partial charge on any atom is 0.324 e. The lowest BCUT2D eigenvalue weighted by molar-refractivity contribution is -0.131. The Morgan fingerprint density at radius 2 is 1.79 bits per heavy atom. The molecule has 0 spiro atoms. The van der Waals surface area contributed by atoms with Crippen molar-refractivity contribution < 1.29 is 34.4 Å². The van der Waals surface area contributed by atoms with Gasteiger partial charge >= 0.3 is 8.60 Å². The molecule has 0 aliphatic carbocycles. The summed E-state index contributed by atoms with van der Waals surface area (Å²) in [6, 6.07) is 7.66. The third kappa shape index (κ3) is 7.68. The number of hydrogen-bond acceptors (Lipinski definition) is 8. The summed E-state index contributed by atoms with van der Waals surface area (Å²) in [6.45, 7) is 4.89. The van der Waals surface area contributed by atoms with Gasteiger partial charge in [-0.25, -0.2) is 0 Å². The fourth-order valence-electron chi connectivity index (χ4n) is 3.16. The van der Waals surface area contributed by atoms with E-state index in [-0.39, 0.29) is 17.6 Å². The number of nitrogens with zero attached hydrogens (tertiary/aromatic N) is 2. The molecule has 1 unspecified atom stereocenters. The Kier molecular flexibility index (Phi) is 11.8. The lowest BCUT2D eigenvalue weighted by atomic mass is 9.88. The molecule has 10 heteroatoms. The summed E-state index contributed by atoms with van der Waals surface area (Å²) in [5.41, 5.74) is 1.29. The van der Waals surface area contributed by atoms with Gasteiger partial charge in [-0.3, -0.25) is 4.79 Å². The first-order valence-electron chi connectivity index (χ1n) is 8.52. The van der Waals surface area contributed by atoms with Gasteiger partial charge in [0.05, 0.1) is 17.7 Å². The molecule has 1 fully saturated rings. The number of aliphatic hydroxyl groups is 2. The highest BCUT2D eigenvalue weighted by Crippen LogP contribution is 2.44. The summed E-state index contributed by atoms with van der Waals surface area (Å²) in [6.07, 6.45) is 2.32. The molecule has 1 atom stereocenters. The molecule has 0 aromatic heterocycles. The number of fused-ring (bicyclic) bond motifs is 1.